The number of aryl methyl sites for hydroxylation is 1. The Morgan fingerprint density at radius 3 is 2.44 bits per heavy atom. The Morgan fingerprint density at radius 1 is 1.03 bits per heavy atom. The van der Waals surface area contributed by atoms with E-state index in [0.717, 1.165) is 11.1 Å². The molecule has 0 fully saturated rings. The fraction of sp³-hybridized carbons (Fsp3) is 0.292. The third kappa shape index (κ3) is 5.45. The van der Waals surface area contributed by atoms with Gasteiger partial charge in [0.15, 0.2) is 16.6 Å². The molecule has 0 saturated carbocycles. The van der Waals surface area contributed by atoms with Gasteiger partial charge in [-0.05, 0) is 43.2 Å². The smallest absolute Gasteiger partial charge is 0.251 e. The molecule has 32 heavy (non-hydrogen) atoms. The number of rotatable bonds is 8. The van der Waals surface area contributed by atoms with Crippen molar-refractivity contribution < 1.29 is 19.1 Å². The molecule has 2 aromatic carbocycles. The third-order valence-corrected chi connectivity index (χ3v) is 5.69. The Bertz CT molecular complexity index is 1110. The van der Waals surface area contributed by atoms with Gasteiger partial charge in [-0.2, -0.15) is 0 Å². The number of anilines is 1. The molecule has 2 N–H and O–H groups in total. The summed E-state index contributed by atoms with van der Waals surface area (Å²) in [5, 5.41) is 7.98. The number of amides is 2. The van der Waals surface area contributed by atoms with Crippen LogP contribution < -0.4 is 20.1 Å². The molecule has 3 rings (SSSR count). The summed E-state index contributed by atoms with van der Waals surface area (Å²) in [6, 6.07) is 12.1. The Morgan fingerprint density at radius 2 is 1.78 bits per heavy atom. The molecule has 0 aliphatic heterocycles. The van der Waals surface area contributed by atoms with Crippen molar-refractivity contribution >= 4 is 28.3 Å². The number of nitrogens with zero attached hydrogens (tertiary/aromatic N) is 1. The van der Waals surface area contributed by atoms with Crippen LogP contribution in [0.5, 0.6) is 11.5 Å². The molecule has 1 aromatic heterocycles. The lowest BCUT2D eigenvalue weighted by molar-refractivity contribution is -0.118. The number of carbonyl (C=O) groups is 2. The van der Waals surface area contributed by atoms with Crippen LogP contribution in [0.15, 0.2) is 47.8 Å². The van der Waals surface area contributed by atoms with Crippen molar-refractivity contribution in [1.29, 1.82) is 0 Å². The Kier molecular flexibility index (Phi) is 7.48. The highest BCUT2D eigenvalue weighted by Crippen LogP contribution is 2.33. The summed E-state index contributed by atoms with van der Waals surface area (Å²) in [6.07, 6.45) is 0. The molecule has 2 amide bonds. The van der Waals surface area contributed by atoms with Crippen molar-refractivity contribution in [3.05, 3.63) is 59.0 Å². The molecule has 168 valence electrons. The highest BCUT2D eigenvalue weighted by molar-refractivity contribution is 7.14. The summed E-state index contributed by atoms with van der Waals surface area (Å²) in [5.41, 5.74) is 3.05. The molecule has 0 radical (unpaired) electrons. The zero-order chi connectivity index (χ0) is 23.3. The van der Waals surface area contributed by atoms with E-state index in [1.54, 1.807) is 32.4 Å². The molecule has 8 heteroatoms. The van der Waals surface area contributed by atoms with Crippen LogP contribution in [-0.2, 0) is 4.79 Å². The summed E-state index contributed by atoms with van der Waals surface area (Å²) >= 11 is 1.31. The highest BCUT2D eigenvalue weighted by Gasteiger charge is 2.25. The number of thiazole rings is 1. The van der Waals surface area contributed by atoms with Crippen LogP contribution >= 0.6 is 11.3 Å². The topological polar surface area (TPSA) is 89.6 Å². The SMILES string of the molecule is COc1ccc(-c2csc(NC(=O)[C@H](NC(=O)c3cccc(C)c3)C(C)C)n2)cc1OC. The Labute approximate surface area is 191 Å². The van der Waals surface area contributed by atoms with Crippen molar-refractivity contribution in [1.82, 2.24) is 10.3 Å². The monoisotopic (exact) mass is 453 g/mol. The highest BCUT2D eigenvalue weighted by atomic mass is 32.1. The van der Waals surface area contributed by atoms with Crippen LogP contribution in [0.4, 0.5) is 5.13 Å². The van der Waals surface area contributed by atoms with Crippen LogP contribution in [0.2, 0.25) is 0 Å². The molecular weight excluding hydrogens is 426 g/mol. The molecule has 0 spiro atoms. The lowest BCUT2D eigenvalue weighted by atomic mass is 10.0. The average Bonchev–Trinajstić information content (AvgIpc) is 3.24. The number of benzene rings is 2. The van der Waals surface area contributed by atoms with Crippen LogP contribution in [0.1, 0.15) is 29.8 Å². The fourth-order valence-electron chi connectivity index (χ4n) is 3.19. The first-order valence-electron chi connectivity index (χ1n) is 10.2. The van der Waals surface area contributed by atoms with E-state index in [1.807, 2.05) is 50.4 Å². The van der Waals surface area contributed by atoms with E-state index in [9.17, 15) is 9.59 Å². The van der Waals surface area contributed by atoms with Gasteiger partial charge in [-0.15, -0.1) is 11.3 Å². The summed E-state index contributed by atoms with van der Waals surface area (Å²) < 4.78 is 10.6. The van der Waals surface area contributed by atoms with Crippen LogP contribution in [0.25, 0.3) is 11.3 Å². The van der Waals surface area contributed by atoms with Crippen molar-refractivity contribution in [2.24, 2.45) is 5.92 Å². The number of methoxy groups -OCH3 is 2. The zero-order valence-electron chi connectivity index (χ0n) is 18.8. The molecule has 1 atom stereocenters. The minimum absolute atomic E-state index is 0.103. The number of aromatic nitrogens is 1. The van der Waals surface area contributed by atoms with Gasteiger partial charge < -0.3 is 20.1 Å². The van der Waals surface area contributed by atoms with E-state index >= 15 is 0 Å². The molecular formula is C24H27N3O4S. The molecule has 7 nitrogen and oxygen atoms in total. The molecule has 0 aliphatic rings. The number of hydrogen-bond donors (Lipinski definition) is 2. The largest absolute Gasteiger partial charge is 0.493 e. The van der Waals surface area contributed by atoms with E-state index < -0.39 is 6.04 Å². The van der Waals surface area contributed by atoms with Gasteiger partial charge in [0, 0.05) is 16.5 Å². The van der Waals surface area contributed by atoms with Gasteiger partial charge in [0.05, 0.1) is 19.9 Å². The predicted molar refractivity (Wildman–Crippen MR) is 127 cm³/mol. The summed E-state index contributed by atoms with van der Waals surface area (Å²) in [4.78, 5) is 30.1. The van der Waals surface area contributed by atoms with E-state index in [0.29, 0.717) is 27.9 Å². The lowest BCUT2D eigenvalue weighted by Crippen LogP contribution is -2.47. The van der Waals surface area contributed by atoms with Gasteiger partial charge in [-0.25, -0.2) is 4.98 Å². The second-order valence-electron chi connectivity index (χ2n) is 7.66. The number of nitrogens with one attached hydrogen (secondary N) is 2. The van der Waals surface area contributed by atoms with Crippen molar-refractivity contribution in [2.45, 2.75) is 26.8 Å². The van der Waals surface area contributed by atoms with E-state index in [2.05, 4.69) is 15.6 Å². The number of carbonyl (C=O) groups excluding carboxylic acids is 2. The molecule has 0 bridgehead atoms. The Hall–Kier alpha value is -3.39. The summed E-state index contributed by atoms with van der Waals surface area (Å²) in [7, 11) is 3.16. The molecule has 0 aliphatic carbocycles. The molecule has 0 unspecified atom stereocenters. The van der Waals surface area contributed by atoms with Gasteiger partial charge in [-0.3, -0.25) is 9.59 Å². The van der Waals surface area contributed by atoms with Crippen LogP contribution in [-0.4, -0.2) is 37.1 Å². The zero-order valence-corrected chi connectivity index (χ0v) is 19.6. The normalized spacial score (nSPS) is 11.7. The van der Waals surface area contributed by atoms with E-state index in [-0.39, 0.29) is 17.7 Å². The lowest BCUT2D eigenvalue weighted by Gasteiger charge is -2.21. The standard InChI is InChI=1S/C24H27N3O4S/c1-14(2)21(26-22(28)17-8-6-7-15(3)11-17)23(29)27-24-25-18(13-32-24)16-9-10-19(30-4)20(12-16)31-5/h6-14,21H,1-5H3,(H,26,28)(H,25,27,29)/t21-/m1/s1. The average molecular weight is 454 g/mol. The van der Waals surface area contributed by atoms with Gasteiger partial charge in [0.1, 0.15) is 6.04 Å². The van der Waals surface area contributed by atoms with Gasteiger partial charge in [0.2, 0.25) is 5.91 Å². The van der Waals surface area contributed by atoms with Gasteiger partial charge in [0.25, 0.3) is 5.91 Å². The Balaban J connectivity index is 1.72. The maximum atomic E-state index is 12.9. The maximum Gasteiger partial charge on any atom is 0.251 e. The second-order valence-corrected chi connectivity index (χ2v) is 8.52. The summed E-state index contributed by atoms with van der Waals surface area (Å²) in [5.74, 6) is 0.530. The van der Waals surface area contributed by atoms with Crippen LogP contribution in [0.3, 0.4) is 0 Å². The van der Waals surface area contributed by atoms with Crippen molar-refractivity contribution in [3.8, 4) is 22.8 Å². The van der Waals surface area contributed by atoms with Crippen molar-refractivity contribution in [2.75, 3.05) is 19.5 Å². The van der Waals surface area contributed by atoms with Gasteiger partial charge >= 0.3 is 0 Å². The van der Waals surface area contributed by atoms with E-state index in [4.69, 9.17) is 9.47 Å². The predicted octanol–water partition coefficient (Wildman–Crippen LogP) is 4.53. The van der Waals surface area contributed by atoms with Gasteiger partial charge in [-0.1, -0.05) is 31.5 Å². The first-order valence-corrected chi connectivity index (χ1v) is 11.1. The molecule has 3 aromatic rings. The fourth-order valence-corrected chi connectivity index (χ4v) is 3.91. The third-order valence-electron chi connectivity index (χ3n) is 4.93. The second kappa shape index (κ2) is 10.3. The minimum Gasteiger partial charge on any atom is -0.493 e. The molecule has 1 heterocycles. The van der Waals surface area contributed by atoms with E-state index in [1.165, 1.54) is 11.3 Å². The first-order chi connectivity index (χ1) is 15.3. The number of hydrogen-bond acceptors (Lipinski definition) is 6. The van der Waals surface area contributed by atoms with Crippen LogP contribution in [0, 0.1) is 12.8 Å². The number of ether oxygens (including phenoxy) is 2. The first kappa shape index (κ1) is 23.3. The summed E-state index contributed by atoms with van der Waals surface area (Å²) in [6.45, 7) is 5.69. The quantitative estimate of drug-likeness (QED) is 0.523. The minimum atomic E-state index is -0.698. The maximum absolute atomic E-state index is 12.9. The molecule has 0 saturated heterocycles. The van der Waals surface area contributed by atoms with Crippen molar-refractivity contribution in [3.63, 3.8) is 0 Å².